The van der Waals surface area contributed by atoms with Gasteiger partial charge in [-0.05, 0) is 96.9 Å². The van der Waals surface area contributed by atoms with Gasteiger partial charge in [0.2, 0.25) is 5.91 Å². The van der Waals surface area contributed by atoms with Gasteiger partial charge in [0.25, 0.3) is 6.43 Å². The fourth-order valence-corrected chi connectivity index (χ4v) is 6.71. The Morgan fingerprint density at radius 3 is 2.51 bits per heavy atom. The molecule has 0 saturated heterocycles. The van der Waals surface area contributed by atoms with Crippen molar-refractivity contribution in [2.24, 2.45) is 7.05 Å². The van der Waals surface area contributed by atoms with Gasteiger partial charge in [0, 0.05) is 62.3 Å². The zero-order valence-corrected chi connectivity index (χ0v) is 22.7. The highest BCUT2D eigenvalue weighted by Gasteiger charge is 2.31. The number of hydrogen-bond donors (Lipinski definition) is 1. The molecule has 0 spiro atoms. The topological polar surface area (TPSA) is 61.6 Å². The summed E-state index contributed by atoms with van der Waals surface area (Å²) in [4.78, 5) is 16.4. The average molecular weight is 535 g/mol. The first-order valence-electron chi connectivity index (χ1n) is 14.1. The minimum absolute atomic E-state index is 0.0188. The number of benzene rings is 2. The molecule has 3 heterocycles. The highest BCUT2D eigenvalue weighted by atomic mass is 19.3. The lowest BCUT2D eigenvalue weighted by atomic mass is 9.80. The first kappa shape index (κ1) is 26.0. The largest absolute Gasteiger partial charge is 0.393 e. The molecule has 1 aromatic heterocycles. The standard InChI is InChI=1S/C31H36F2N4O2/c1-19(38)36-11-9-21-12-23(20-5-7-25(39)8-6-20)14-30(28(21)18-36)37-10-3-4-22-13-26(24-16-34-35(2)17-24)27(31(32)33)15-29(22)37/h12-17,20,25,31,39H,3-11,18H2,1-2H3. The maximum atomic E-state index is 14.5. The number of fused-ring (bicyclic) bond motifs is 2. The molecule has 0 bridgehead atoms. The van der Waals surface area contributed by atoms with E-state index in [4.69, 9.17) is 0 Å². The molecule has 3 aliphatic rings. The number of aryl methyl sites for hydroxylation is 2. The lowest BCUT2D eigenvalue weighted by Crippen LogP contribution is -2.36. The second-order valence-electron chi connectivity index (χ2n) is 11.4. The van der Waals surface area contributed by atoms with Crippen LogP contribution in [0.25, 0.3) is 11.1 Å². The molecule has 0 atom stereocenters. The van der Waals surface area contributed by atoms with Crippen LogP contribution in [0, 0.1) is 0 Å². The van der Waals surface area contributed by atoms with E-state index in [0.29, 0.717) is 30.1 Å². The molecule has 1 fully saturated rings. The van der Waals surface area contributed by atoms with Crippen LogP contribution in [0.2, 0.25) is 0 Å². The third-order valence-corrected chi connectivity index (χ3v) is 8.87. The van der Waals surface area contributed by atoms with Gasteiger partial charge in [0.15, 0.2) is 0 Å². The number of alkyl halides is 2. The van der Waals surface area contributed by atoms with E-state index in [1.807, 2.05) is 11.0 Å². The van der Waals surface area contributed by atoms with Crippen LogP contribution >= 0.6 is 0 Å². The molecule has 8 heteroatoms. The number of carbonyl (C=O) groups excluding carboxylic acids is 1. The highest BCUT2D eigenvalue weighted by molar-refractivity contribution is 5.79. The van der Waals surface area contributed by atoms with Crippen LogP contribution in [0.3, 0.4) is 0 Å². The number of rotatable bonds is 4. The van der Waals surface area contributed by atoms with E-state index in [0.717, 1.165) is 74.0 Å². The smallest absolute Gasteiger partial charge is 0.264 e. The molecule has 0 radical (unpaired) electrons. The van der Waals surface area contributed by atoms with Gasteiger partial charge in [-0.15, -0.1) is 0 Å². The Labute approximate surface area is 228 Å². The molecule has 6 nitrogen and oxygen atoms in total. The van der Waals surface area contributed by atoms with Crippen LogP contribution in [0.1, 0.15) is 79.2 Å². The number of hydrogen-bond acceptors (Lipinski definition) is 4. The number of nitrogens with zero attached hydrogens (tertiary/aromatic N) is 4. The van der Waals surface area contributed by atoms with E-state index in [1.54, 1.807) is 37.1 Å². The summed E-state index contributed by atoms with van der Waals surface area (Å²) >= 11 is 0. The second-order valence-corrected chi connectivity index (χ2v) is 11.4. The molecule has 206 valence electrons. The average Bonchev–Trinajstić information content (AvgIpc) is 3.37. The molecule has 3 aromatic rings. The number of aromatic nitrogens is 2. The lowest BCUT2D eigenvalue weighted by molar-refractivity contribution is -0.129. The van der Waals surface area contributed by atoms with Gasteiger partial charge >= 0.3 is 0 Å². The summed E-state index contributed by atoms with van der Waals surface area (Å²) in [6, 6.07) is 8.17. The van der Waals surface area contributed by atoms with Crippen molar-refractivity contribution in [2.45, 2.75) is 76.9 Å². The highest BCUT2D eigenvalue weighted by Crippen LogP contribution is 2.45. The van der Waals surface area contributed by atoms with Crippen molar-refractivity contribution in [1.82, 2.24) is 14.7 Å². The molecule has 1 saturated carbocycles. The summed E-state index contributed by atoms with van der Waals surface area (Å²) in [7, 11) is 1.79. The van der Waals surface area contributed by atoms with Crippen LogP contribution in [0.5, 0.6) is 0 Å². The SMILES string of the molecule is CC(=O)N1CCc2cc(C3CCC(O)CC3)cc(N3CCCc4cc(-c5cnn(C)c5)c(C(F)F)cc43)c2C1. The first-order chi connectivity index (χ1) is 18.8. The third-order valence-electron chi connectivity index (χ3n) is 8.87. The van der Waals surface area contributed by atoms with Crippen molar-refractivity contribution in [3.63, 3.8) is 0 Å². The van der Waals surface area contributed by atoms with E-state index in [9.17, 15) is 18.7 Å². The lowest BCUT2D eigenvalue weighted by Gasteiger charge is -2.38. The Hall–Kier alpha value is -3.26. The zero-order valence-electron chi connectivity index (χ0n) is 22.7. The third kappa shape index (κ3) is 4.95. The number of aliphatic hydroxyl groups excluding tert-OH is 1. The molecule has 1 N–H and O–H groups in total. The van der Waals surface area contributed by atoms with Gasteiger partial charge in [-0.25, -0.2) is 8.78 Å². The Morgan fingerprint density at radius 1 is 1.03 bits per heavy atom. The second kappa shape index (κ2) is 10.4. The van der Waals surface area contributed by atoms with Crippen molar-refractivity contribution in [3.8, 4) is 11.1 Å². The maximum absolute atomic E-state index is 14.5. The fourth-order valence-electron chi connectivity index (χ4n) is 6.71. The van der Waals surface area contributed by atoms with Crippen molar-refractivity contribution in [1.29, 1.82) is 0 Å². The predicted molar refractivity (Wildman–Crippen MR) is 147 cm³/mol. The summed E-state index contributed by atoms with van der Waals surface area (Å²) in [5.41, 5.74) is 7.83. The van der Waals surface area contributed by atoms with Crippen LogP contribution in [-0.2, 0) is 31.2 Å². The Bertz CT molecular complexity index is 1390. The van der Waals surface area contributed by atoms with E-state index < -0.39 is 6.43 Å². The van der Waals surface area contributed by atoms with Crippen LogP contribution in [-0.4, -0.2) is 44.9 Å². The number of anilines is 2. The number of amides is 1. The van der Waals surface area contributed by atoms with E-state index >= 15 is 0 Å². The van der Waals surface area contributed by atoms with Gasteiger partial charge in [-0.1, -0.05) is 6.07 Å². The maximum Gasteiger partial charge on any atom is 0.264 e. The van der Waals surface area contributed by atoms with Gasteiger partial charge in [-0.3, -0.25) is 9.48 Å². The molecule has 2 aromatic carbocycles. The molecule has 0 unspecified atom stereocenters. The van der Waals surface area contributed by atoms with Crippen molar-refractivity contribution in [2.75, 3.05) is 18.0 Å². The zero-order chi connectivity index (χ0) is 27.3. The van der Waals surface area contributed by atoms with Crippen molar-refractivity contribution in [3.05, 3.63) is 64.5 Å². The Kier molecular flexibility index (Phi) is 6.91. The molecular weight excluding hydrogens is 498 g/mol. The van der Waals surface area contributed by atoms with Gasteiger partial charge in [0.05, 0.1) is 12.3 Å². The van der Waals surface area contributed by atoms with E-state index in [-0.39, 0.29) is 17.6 Å². The summed E-state index contributed by atoms with van der Waals surface area (Å²) < 4.78 is 30.6. The van der Waals surface area contributed by atoms with Gasteiger partial charge in [0.1, 0.15) is 0 Å². The monoisotopic (exact) mass is 534 g/mol. The van der Waals surface area contributed by atoms with Crippen molar-refractivity contribution < 1.29 is 18.7 Å². The molecular formula is C31H36F2N4O2. The van der Waals surface area contributed by atoms with Crippen LogP contribution in [0.4, 0.5) is 20.2 Å². The predicted octanol–water partition coefficient (Wildman–Crippen LogP) is 6.03. The van der Waals surface area contributed by atoms with E-state index in [2.05, 4.69) is 22.1 Å². The first-order valence-corrected chi connectivity index (χ1v) is 14.1. The number of aliphatic hydroxyl groups is 1. The minimum Gasteiger partial charge on any atom is -0.393 e. The fraction of sp³-hybridized carbons (Fsp3) is 0.484. The summed E-state index contributed by atoms with van der Waals surface area (Å²) in [5, 5.41) is 14.3. The quantitative estimate of drug-likeness (QED) is 0.444. The number of carbonyl (C=O) groups is 1. The molecule has 1 aliphatic carbocycles. The molecule has 6 rings (SSSR count). The van der Waals surface area contributed by atoms with Crippen LogP contribution in [0.15, 0.2) is 36.7 Å². The van der Waals surface area contributed by atoms with Gasteiger partial charge in [-0.2, -0.15) is 5.10 Å². The molecule has 39 heavy (non-hydrogen) atoms. The summed E-state index contributed by atoms with van der Waals surface area (Å²) in [6.07, 6.45) is 6.61. The van der Waals surface area contributed by atoms with Crippen LogP contribution < -0.4 is 4.90 Å². The van der Waals surface area contributed by atoms with Gasteiger partial charge < -0.3 is 14.9 Å². The minimum atomic E-state index is -2.61. The molecule has 1 amide bonds. The van der Waals surface area contributed by atoms with E-state index in [1.165, 1.54) is 11.1 Å². The summed E-state index contributed by atoms with van der Waals surface area (Å²) in [5.74, 6) is 0.425. The molecule has 2 aliphatic heterocycles. The summed E-state index contributed by atoms with van der Waals surface area (Å²) in [6.45, 7) is 3.57. The Balaban J connectivity index is 1.48. The van der Waals surface area contributed by atoms with Crippen molar-refractivity contribution >= 4 is 17.3 Å². The number of halogens is 2. The normalized spacial score (nSPS) is 21.2. The Morgan fingerprint density at radius 2 is 1.82 bits per heavy atom.